The van der Waals surface area contributed by atoms with Crippen LogP contribution in [0, 0.1) is 0 Å². The van der Waals surface area contributed by atoms with Crippen LogP contribution in [0.5, 0.6) is 0 Å². The molecule has 0 saturated carbocycles. The predicted octanol–water partition coefficient (Wildman–Crippen LogP) is 3.46. The summed E-state index contributed by atoms with van der Waals surface area (Å²) in [6.45, 7) is 6.44. The normalized spacial score (nSPS) is 11.8. The van der Waals surface area contributed by atoms with E-state index in [9.17, 15) is 0 Å². The number of nitrogens with zero attached hydrogens (tertiary/aromatic N) is 3. The minimum atomic E-state index is -0.0245. The second-order valence-corrected chi connectivity index (χ2v) is 5.56. The van der Waals surface area contributed by atoms with Crippen molar-refractivity contribution in [2.75, 3.05) is 0 Å². The molecule has 4 heteroatoms. The molecule has 0 N–H and O–H groups in total. The molecule has 0 saturated heterocycles. The summed E-state index contributed by atoms with van der Waals surface area (Å²) in [5.74, 6) is 1.92. The molecule has 0 aliphatic heterocycles. The van der Waals surface area contributed by atoms with Gasteiger partial charge in [0.1, 0.15) is 11.6 Å². The Bertz CT molecular complexity index is 497. The summed E-state index contributed by atoms with van der Waals surface area (Å²) in [5.41, 5.74) is 1.08. The van der Waals surface area contributed by atoms with E-state index in [4.69, 9.17) is 0 Å². The number of halogens is 1. The van der Waals surface area contributed by atoms with Crippen LogP contribution in [0.4, 0.5) is 0 Å². The highest BCUT2D eigenvalue weighted by atomic mass is 79.9. The summed E-state index contributed by atoms with van der Waals surface area (Å²) in [5, 5.41) is 9.26. The molecular formula is C13H16BrN3. The van der Waals surface area contributed by atoms with E-state index in [-0.39, 0.29) is 5.41 Å². The molecule has 3 nitrogen and oxygen atoms in total. The SMILES string of the molecule is CC(C)(C)c1nnc(CBr)n1-c1ccccc1. The molecule has 0 fully saturated rings. The first-order chi connectivity index (χ1) is 8.04. The Hall–Kier alpha value is -1.16. The van der Waals surface area contributed by atoms with Gasteiger partial charge in [0.25, 0.3) is 0 Å². The van der Waals surface area contributed by atoms with E-state index in [2.05, 4.69) is 63.6 Å². The zero-order chi connectivity index (χ0) is 12.5. The third-order valence-electron chi connectivity index (χ3n) is 2.53. The lowest BCUT2D eigenvalue weighted by atomic mass is 9.95. The Morgan fingerprint density at radius 1 is 1.12 bits per heavy atom. The second-order valence-electron chi connectivity index (χ2n) is 4.99. The third-order valence-corrected chi connectivity index (χ3v) is 3.04. The molecule has 0 bridgehead atoms. The highest BCUT2D eigenvalue weighted by molar-refractivity contribution is 9.08. The zero-order valence-electron chi connectivity index (χ0n) is 10.3. The van der Waals surface area contributed by atoms with Crippen LogP contribution in [0.3, 0.4) is 0 Å². The van der Waals surface area contributed by atoms with Gasteiger partial charge in [0, 0.05) is 11.1 Å². The number of alkyl halides is 1. The molecule has 0 radical (unpaired) electrons. The zero-order valence-corrected chi connectivity index (χ0v) is 11.9. The largest absolute Gasteiger partial charge is 0.282 e. The Morgan fingerprint density at radius 2 is 1.76 bits per heavy atom. The molecular weight excluding hydrogens is 278 g/mol. The van der Waals surface area contributed by atoms with Crippen molar-refractivity contribution in [3.8, 4) is 5.69 Å². The van der Waals surface area contributed by atoms with Gasteiger partial charge in [0.05, 0.1) is 5.33 Å². The Morgan fingerprint density at radius 3 is 2.29 bits per heavy atom. The number of rotatable bonds is 2. The predicted molar refractivity (Wildman–Crippen MR) is 72.7 cm³/mol. The van der Waals surface area contributed by atoms with Crippen molar-refractivity contribution in [1.82, 2.24) is 14.8 Å². The Labute approximate surface area is 110 Å². The van der Waals surface area contributed by atoms with E-state index < -0.39 is 0 Å². The standard InChI is InChI=1S/C13H16BrN3/c1-13(2,3)12-16-15-11(9-14)17(12)10-7-5-4-6-8-10/h4-8H,9H2,1-3H3. The van der Waals surface area contributed by atoms with Crippen LogP contribution >= 0.6 is 15.9 Å². The van der Waals surface area contributed by atoms with E-state index >= 15 is 0 Å². The second kappa shape index (κ2) is 4.61. The number of aromatic nitrogens is 3. The summed E-state index contributed by atoms with van der Waals surface area (Å²) in [7, 11) is 0. The molecule has 90 valence electrons. The lowest BCUT2D eigenvalue weighted by molar-refractivity contribution is 0.532. The molecule has 0 aliphatic rings. The van der Waals surface area contributed by atoms with Crippen molar-refractivity contribution in [2.45, 2.75) is 31.5 Å². The van der Waals surface area contributed by atoms with Crippen molar-refractivity contribution in [1.29, 1.82) is 0 Å². The van der Waals surface area contributed by atoms with Crippen molar-refractivity contribution in [2.24, 2.45) is 0 Å². The van der Waals surface area contributed by atoms with Crippen LogP contribution in [0.2, 0.25) is 0 Å². The highest BCUT2D eigenvalue weighted by Gasteiger charge is 2.24. The minimum absolute atomic E-state index is 0.0245. The Kier molecular flexibility index (Phi) is 3.33. The van der Waals surface area contributed by atoms with Gasteiger partial charge < -0.3 is 0 Å². The molecule has 0 amide bonds. The first-order valence-corrected chi connectivity index (χ1v) is 6.72. The molecule has 0 aliphatic carbocycles. The lowest BCUT2D eigenvalue weighted by Crippen LogP contribution is -2.19. The van der Waals surface area contributed by atoms with E-state index in [0.717, 1.165) is 17.3 Å². The van der Waals surface area contributed by atoms with E-state index in [1.165, 1.54) is 0 Å². The molecule has 2 aromatic rings. The lowest BCUT2D eigenvalue weighted by Gasteiger charge is -2.19. The molecule has 1 aromatic heterocycles. The first kappa shape index (κ1) is 12.3. The van der Waals surface area contributed by atoms with Gasteiger partial charge in [-0.3, -0.25) is 4.57 Å². The molecule has 0 atom stereocenters. The summed E-state index contributed by atoms with van der Waals surface area (Å²) < 4.78 is 2.12. The molecule has 0 spiro atoms. The average Bonchev–Trinajstić information content (AvgIpc) is 2.73. The van der Waals surface area contributed by atoms with Gasteiger partial charge in [-0.15, -0.1) is 10.2 Å². The van der Waals surface area contributed by atoms with Crippen LogP contribution in [0.25, 0.3) is 5.69 Å². The van der Waals surface area contributed by atoms with Gasteiger partial charge in [0.2, 0.25) is 0 Å². The maximum Gasteiger partial charge on any atom is 0.148 e. The number of benzene rings is 1. The van der Waals surface area contributed by atoms with Gasteiger partial charge >= 0.3 is 0 Å². The van der Waals surface area contributed by atoms with E-state index in [1.807, 2.05) is 18.2 Å². The van der Waals surface area contributed by atoms with Crippen LogP contribution in [-0.4, -0.2) is 14.8 Å². The summed E-state index contributed by atoms with van der Waals surface area (Å²) >= 11 is 3.46. The third kappa shape index (κ3) is 2.41. The fraction of sp³-hybridized carbons (Fsp3) is 0.385. The highest BCUT2D eigenvalue weighted by Crippen LogP contribution is 2.25. The van der Waals surface area contributed by atoms with Crippen LogP contribution in [0.1, 0.15) is 32.4 Å². The van der Waals surface area contributed by atoms with Gasteiger partial charge in [-0.25, -0.2) is 0 Å². The van der Waals surface area contributed by atoms with Gasteiger partial charge in [-0.2, -0.15) is 0 Å². The van der Waals surface area contributed by atoms with Crippen molar-refractivity contribution in [3.05, 3.63) is 42.0 Å². The fourth-order valence-corrected chi connectivity index (χ4v) is 2.10. The Balaban J connectivity index is 2.62. The van der Waals surface area contributed by atoms with E-state index in [0.29, 0.717) is 5.33 Å². The van der Waals surface area contributed by atoms with Gasteiger partial charge in [0.15, 0.2) is 0 Å². The fourth-order valence-electron chi connectivity index (χ4n) is 1.74. The van der Waals surface area contributed by atoms with Crippen molar-refractivity contribution in [3.63, 3.8) is 0 Å². The molecule has 2 rings (SSSR count). The smallest absolute Gasteiger partial charge is 0.148 e. The van der Waals surface area contributed by atoms with Crippen LogP contribution in [-0.2, 0) is 10.7 Å². The number of hydrogen-bond donors (Lipinski definition) is 0. The molecule has 1 aromatic carbocycles. The first-order valence-electron chi connectivity index (χ1n) is 5.60. The van der Waals surface area contributed by atoms with Crippen molar-refractivity contribution < 1.29 is 0 Å². The minimum Gasteiger partial charge on any atom is -0.282 e. The summed E-state index contributed by atoms with van der Waals surface area (Å²) in [4.78, 5) is 0. The molecule has 1 heterocycles. The van der Waals surface area contributed by atoms with Crippen LogP contribution in [0.15, 0.2) is 30.3 Å². The average molecular weight is 294 g/mol. The van der Waals surface area contributed by atoms with Crippen LogP contribution < -0.4 is 0 Å². The maximum absolute atomic E-state index is 4.32. The maximum atomic E-state index is 4.32. The summed E-state index contributed by atoms with van der Waals surface area (Å²) in [6.07, 6.45) is 0. The van der Waals surface area contributed by atoms with E-state index in [1.54, 1.807) is 0 Å². The monoisotopic (exact) mass is 293 g/mol. The molecule has 0 unspecified atom stereocenters. The number of para-hydroxylation sites is 1. The number of hydrogen-bond acceptors (Lipinski definition) is 2. The topological polar surface area (TPSA) is 30.7 Å². The van der Waals surface area contributed by atoms with Gasteiger partial charge in [-0.05, 0) is 12.1 Å². The summed E-state index contributed by atoms with van der Waals surface area (Å²) in [6, 6.07) is 10.2. The van der Waals surface area contributed by atoms with Gasteiger partial charge in [-0.1, -0.05) is 54.9 Å². The quantitative estimate of drug-likeness (QED) is 0.794. The molecule has 17 heavy (non-hydrogen) atoms. The van der Waals surface area contributed by atoms with Crippen molar-refractivity contribution >= 4 is 15.9 Å².